The molecule has 0 bridgehead atoms. The molecule has 0 aromatic carbocycles. The summed E-state index contributed by atoms with van der Waals surface area (Å²) in [6.45, 7) is 0. The van der Waals surface area contributed by atoms with Gasteiger partial charge in [0.2, 0.25) is 5.88 Å². The van der Waals surface area contributed by atoms with Crippen LogP contribution in [0, 0.1) is 13.7 Å². The predicted molar refractivity (Wildman–Crippen MR) is 57.3 cm³/mol. The van der Waals surface area contributed by atoms with Gasteiger partial charge in [-0.3, -0.25) is 10.1 Å². The van der Waals surface area contributed by atoms with Crippen molar-refractivity contribution in [1.82, 2.24) is 4.98 Å². The standard InChI is InChI=1S/C7H2F3IN2O5/c8-7(9,10)18-5-3(6(14)15)4(11)2(1-12-5)13(16)17/h1H,(H,14,15). The van der Waals surface area contributed by atoms with Crippen LogP contribution in [-0.2, 0) is 0 Å². The van der Waals surface area contributed by atoms with E-state index >= 15 is 0 Å². The van der Waals surface area contributed by atoms with Gasteiger partial charge < -0.3 is 9.84 Å². The lowest BCUT2D eigenvalue weighted by Crippen LogP contribution is -2.21. The summed E-state index contributed by atoms with van der Waals surface area (Å²) in [6, 6.07) is 0. The molecule has 0 amide bonds. The molecule has 18 heavy (non-hydrogen) atoms. The minimum absolute atomic E-state index is 0.495. The molecule has 1 heterocycles. The van der Waals surface area contributed by atoms with Crippen LogP contribution < -0.4 is 4.74 Å². The lowest BCUT2D eigenvalue weighted by Gasteiger charge is -2.10. The quantitative estimate of drug-likeness (QED) is 0.492. The van der Waals surface area contributed by atoms with Crippen molar-refractivity contribution in [2.24, 2.45) is 0 Å². The average Bonchev–Trinajstić information content (AvgIpc) is 2.13. The largest absolute Gasteiger partial charge is 0.574 e. The van der Waals surface area contributed by atoms with Gasteiger partial charge in [-0.2, -0.15) is 0 Å². The number of aromatic nitrogens is 1. The Labute approximate surface area is 110 Å². The summed E-state index contributed by atoms with van der Waals surface area (Å²) in [7, 11) is 0. The molecule has 98 valence electrons. The van der Waals surface area contributed by atoms with Gasteiger partial charge in [-0.25, -0.2) is 9.78 Å². The minimum atomic E-state index is -5.14. The number of nitrogens with zero attached hydrogens (tertiary/aromatic N) is 2. The second kappa shape index (κ2) is 4.91. The number of hydrogen-bond donors (Lipinski definition) is 1. The highest BCUT2D eigenvalue weighted by molar-refractivity contribution is 14.1. The first kappa shape index (κ1) is 14.4. The van der Waals surface area contributed by atoms with Crippen molar-refractivity contribution in [3.8, 4) is 5.88 Å². The number of hydrogen-bond acceptors (Lipinski definition) is 5. The number of ether oxygens (including phenoxy) is 1. The van der Waals surface area contributed by atoms with Gasteiger partial charge in [0.15, 0.2) is 0 Å². The van der Waals surface area contributed by atoms with E-state index in [1.54, 1.807) is 0 Å². The van der Waals surface area contributed by atoms with Crippen molar-refractivity contribution in [2.75, 3.05) is 0 Å². The average molecular weight is 378 g/mol. The van der Waals surface area contributed by atoms with Crippen molar-refractivity contribution in [3.05, 3.63) is 25.4 Å². The number of carboxylic acid groups (broad SMARTS) is 1. The molecular formula is C7H2F3IN2O5. The molecule has 0 atom stereocenters. The van der Waals surface area contributed by atoms with Crippen LogP contribution in [0.3, 0.4) is 0 Å². The zero-order chi connectivity index (χ0) is 14.1. The van der Waals surface area contributed by atoms with Crippen molar-refractivity contribution in [3.63, 3.8) is 0 Å². The maximum atomic E-state index is 12.0. The smallest absolute Gasteiger partial charge is 0.477 e. The molecule has 1 aromatic rings. The number of pyridine rings is 1. The van der Waals surface area contributed by atoms with E-state index in [4.69, 9.17) is 5.11 Å². The Hall–Kier alpha value is -1.66. The summed E-state index contributed by atoms with van der Waals surface area (Å²) in [5, 5.41) is 19.2. The zero-order valence-corrected chi connectivity index (χ0v) is 10.2. The van der Waals surface area contributed by atoms with Gasteiger partial charge in [0, 0.05) is 0 Å². The molecule has 0 aliphatic heterocycles. The molecular weight excluding hydrogens is 376 g/mol. The SMILES string of the molecule is O=C(O)c1c(OC(F)(F)F)ncc([N+](=O)[O-])c1I. The van der Waals surface area contributed by atoms with Gasteiger partial charge in [-0.15, -0.1) is 13.2 Å². The second-order valence-electron chi connectivity index (χ2n) is 2.75. The van der Waals surface area contributed by atoms with Crippen molar-refractivity contribution < 1.29 is 32.7 Å². The zero-order valence-electron chi connectivity index (χ0n) is 8.06. The molecule has 0 saturated carbocycles. The van der Waals surface area contributed by atoms with E-state index in [2.05, 4.69) is 9.72 Å². The molecule has 0 fully saturated rings. The van der Waals surface area contributed by atoms with Crippen molar-refractivity contribution >= 4 is 34.2 Å². The van der Waals surface area contributed by atoms with E-state index in [0.29, 0.717) is 6.20 Å². The van der Waals surface area contributed by atoms with E-state index in [0.717, 1.165) is 0 Å². The highest BCUT2D eigenvalue weighted by Gasteiger charge is 2.36. The summed E-state index contributed by atoms with van der Waals surface area (Å²) < 4.78 is 38.8. The Bertz CT molecular complexity index is 519. The third kappa shape index (κ3) is 3.18. The molecule has 1 rings (SSSR count). The summed E-state index contributed by atoms with van der Waals surface area (Å²) in [5.74, 6) is -3.06. The van der Waals surface area contributed by atoms with Crippen LogP contribution in [0.4, 0.5) is 18.9 Å². The predicted octanol–water partition coefficient (Wildman–Crippen LogP) is 2.19. The number of rotatable bonds is 3. The molecule has 0 aliphatic carbocycles. The Morgan fingerprint density at radius 2 is 2.11 bits per heavy atom. The molecule has 0 spiro atoms. The van der Waals surface area contributed by atoms with Gasteiger partial charge in [0.1, 0.15) is 15.3 Å². The van der Waals surface area contributed by atoms with Crippen LogP contribution in [0.15, 0.2) is 6.20 Å². The fourth-order valence-electron chi connectivity index (χ4n) is 0.963. The number of aromatic carboxylic acids is 1. The van der Waals surface area contributed by atoms with Crippen LogP contribution in [0.5, 0.6) is 5.88 Å². The van der Waals surface area contributed by atoms with E-state index in [-0.39, 0.29) is 0 Å². The molecule has 7 nitrogen and oxygen atoms in total. The molecule has 0 saturated heterocycles. The Morgan fingerprint density at radius 3 is 2.50 bits per heavy atom. The second-order valence-corrected chi connectivity index (χ2v) is 3.83. The van der Waals surface area contributed by atoms with Gasteiger partial charge in [-0.1, -0.05) is 0 Å². The van der Waals surface area contributed by atoms with E-state index in [1.165, 1.54) is 22.6 Å². The van der Waals surface area contributed by atoms with Gasteiger partial charge in [0.25, 0.3) is 0 Å². The van der Waals surface area contributed by atoms with Gasteiger partial charge in [-0.05, 0) is 22.6 Å². The topological polar surface area (TPSA) is 103 Å². The maximum absolute atomic E-state index is 12.0. The molecule has 11 heteroatoms. The van der Waals surface area contributed by atoms with Crippen molar-refractivity contribution in [1.29, 1.82) is 0 Å². The summed E-state index contributed by atoms with van der Waals surface area (Å²) in [4.78, 5) is 23.3. The Kier molecular flexibility index (Phi) is 3.93. The first-order valence-corrected chi connectivity index (χ1v) is 5.03. The van der Waals surface area contributed by atoms with Crippen LogP contribution in [0.1, 0.15) is 10.4 Å². The van der Waals surface area contributed by atoms with Gasteiger partial charge >= 0.3 is 18.0 Å². The summed E-state index contributed by atoms with van der Waals surface area (Å²) >= 11 is 1.24. The monoisotopic (exact) mass is 378 g/mol. The fraction of sp³-hybridized carbons (Fsp3) is 0.143. The molecule has 0 unspecified atom stereocenters. The first-order chi connectivity index (χ1) is 8.13. The van der Waals surface area contributed by atoms with E-state index in [9.17, 15) is 28.1 Å². The molecule has 0 aliphatic rings. The number of nitro groups is 1. The third-order valence-electron chi connectivity index (χ3n) is 1.59. The van der Waals surface area contributed by atoms with E-state index in [1.807, 2.05) is 0 Å². The molecule has 1 N–H and O–H groups in total. The highest BCUT2D eigenvalue weighted by Crippen LogP contribution is 2.32. The lowest BCUT2D eigenvalue weighted by molar-refractivity contribution is -0.386. The molecule has 1 aromatic heterocycles. The lowest BCUT2D eigenvalue weighted by atomic mass is 10.2. The number of alkyl halides is 3. The Balaban J connectivity index is 3.42. The van der Waals surface area contributed by atoms with Crippen LogP contribution in [0.25, 0.3) is 0 Å². The highest BCUT2D eigenvalue weighted by atomic mass is 127. The molecule has 0 radical (unpaired) electrons. The first-order valence-electron chi connectivity index (χ1n) is 3.95. The minimum Gasteiger partial charge on any atom is -0.477 e. The summed E-state index contributed by atoms with van der Waals surface area (Å²) in [5.41, 5.74) is -1.73. The van der Waals surface area contributed by atoms with Crippen molar-refractivity contribution in [2.45, 2.75) is 6.36 Å². The van der Waals surface area contributed by atoms with Crippen LogP contribution in [-0.4, -0.2) is 27.3 Å². The normalized spacial score (nSPS) is 11.1. The summed E-state index contributed by atoms with van der Waals surface area (Å²) in [6.07, 6.45) is -4.65. The fourth-order valence-corrected chi connectivity index (χ4v) is 1.76. The third-order valence-corrected chi connectivity index (χ3v) is 2.68. The number of carboxylic acids is 1. The van der Waals surface area contributed by atoms with Crippen LogP contribution in [0.2, 0.25) is 0 Å². The van der Waals surface area contributed by atoms with E-state index < -0.39 is 38.0 Å². The number of halogens is 4. The number of carbonyl (C=O) groups is 1. The van der Waals surface area contributed by atoms with Crippen LogP contribution >= 0.6 is 22.6 Å². The Morgan fingerprint density at radius 1 is 1.56 bits per heavy atom. The van der Waals surface area contributed by atoms with Gasteiger partial charge in [0.05, 0.1) is 4.92 Å². The maximum Gasteiger partial charge on any atom is 0.574 e.